The van der Waals surface area contributed by atoms with E-state index < -0.39 is 26.6 Å². The van der Waals surface area contributed by atoms with E-state index in [-0.39, 0.29) is 18.8 Å². The van der Waals surface area contributed by atoms with Crippen molar-refractivity contribution in [3.05, 3.63) is 29.8 Å². The molecule has 2 unspecified atom stereocenters. The number of ether oxygens (including phenoxy) is 1. The number of halogens is 2. The van der Waals surface area contributed by atoms with E-state index in [1.165, 1.54) is 0 Å². The second-order valence-electron chi connectivity index (χ2n) is 5.52. The van der Waals surface area contributed by atoms with Crippen LogP contribution in [0.2, 0.25) is 0 Å². The molecule has 8 heteroatoms. The van der Waals surface area contributed by atoms with E-state index >= 15 is 0 Å². The standard InChI is InChI=1S/C14H20F2N2O3S/c1-10-8-18(9-11(2)21-10)4-3-17-22(19,20)14-6-12(15)5-13(16)7-14/h5-7,10-11,17H,3-4,8-9H2,1-2H3. The largest absolute Gasteiger partial charge is 0.373 e. The minimum Gasteiger partial charge on any atom is -0.373 e. The number of nitrogens with one attached hydrogen (secondary N) is 1. The van der Waals surface area contributed by atoms with Crippen molar-refractivity contribution in [1.82, 2.24) is 9.62 Å². The monoisotopic (exact) mass is 334 g/mol. The number of hydrogen-bond donors (Lipinski definition) is 1. The van der Waals surface area contributed by atoms with Gasteiger partial charge in [0.25, 0.3) is 0 Å². The summed E-state index contributed by atoms with van der Waals surface area (Å²) in [5, 5.41) is 0. The Labute approximate surface area is 129 Å². The lowest BCUT2D eigenvalue weighted by Crippen LogP contribution is -2.47. The van der Waals surface area contributed by atoms with Crippen molar-refractivity contribution in [2.75, 3.05) is 26.2 Å². The van der Waals surface area contributed by atoms with Crippen molar-refractivity contribution in [2.45, 2.75) is 31.0 Å². The molecule has 1 aromatic carbocycles. The van der Waals surface area contributed by atoms with Crippen molar-refractivity contribution in [3.8, 4) is 0 Å². The zero-order valence-corrected chi connectivity index (χ0v) is 13.4. The van der Waals surface area contributed by atoms with Crippen molar-refractivity contribution in [3.63, 3.8) is 0 Å². The Morgan fingerprint density at radius 2 is 1.73 bits per heavy atom. The predicted octanol–water partition coefficient (Wildman–Crippen LogP) is 1.35. The zero-order valence-electron chi connectivity index (χ0n) is 12.6. The van der Waals surface area contributed by atoms with Crippen molar-refractivity contribution in [1.29, 1.82) is 0 Å². The molecule has 2 rings (SSSR count). The van der Waals surface area contributed by atoms with Crippen LogP contribution in [0.25, 0.3) is 0 Å². The number of hydrogen-bond acceptors (Lipinski definition) is 4. The molecule has 1 aliphatic heterocycles. The summed E-state index contributed by atoms with van der Waals surface area (Å²) in [4.78, 5) is 1.68. The van der Waals surface area contributed by atoms with Gasteiger partial charge in [0.15, 0.2) is 0 Å². The fraction of sp³-hybridized carbons (Fsp3) is 0.571. The smallest absolute Gasteiger partial charge is 0.240 e. The van der Waals surface area contributed by atoms with Crippen LogP contribution < -0.4 is 4.72 Å². The quantitative estimate of drug-likeness (QED) is 0.883. The number of sulfonamides is 1. The maximum absolute atomic E-state index is 13.1. The van der Waals surface area contributed by atoms with Crippen molar-refractivity contribution < 1.29 is 21.9 Å². The molecule has 0 spiro atoms. The molecule has 1 heterocycles. The lowest BCUT2D eigenvalue weighted by atomic mass is 10.2. The topological polar surface area (TPSA) is 58.6 Å². The van der Waals surface area contributed by atoms with Crippen LogP contribution in [0.4, 0.5) is 8.78 Å². The van der Waals surface area contributed by atoms with E-state index in [4.69, 9.17) is 4.74 Å². The lowest BCUT2D eigenvalue weighted by Gasteiger charge is -2.35. The van der Waals surface area contributed by atoms with Gasteiger partial charge >= 0.3 is 0 Å². The Kier molecular flexibility index (Phi) is 5.49. The number of rotatable bonds is 5. The molecule has 1 aliphatic rings. The molecule has 124 valence electrons. The van der Waals surface area contributed by atoms with Gasteiger partial charge in [0.1, 0.15) is 11.6 Å². The first kappa shape index (κ1) is 17.3. The van der Waals surface area contributed by atoms with Crippen LogP contribution in [0, 0.1) is 11.6 Å². The summed E-state index contributed by atoms with van der Waals surface area (Å²) < 4.78 is 58.2. The minimum atomic E-state index is -3.92. The van der Waals surface area contributed by atoms with Gasteiger partial charge in [-0.1, -0.05) is 0 Å². The molecule has 0 amide bonds. The summed E-state index contributed by atoms with van der Waals surface area (Å²) in [5.41, 5.74) is 0. The molecule has 1 fully saturated rings. The van der Waals surface area contributed by atoms with Crippen LogP contribution in [0.1, 0.15) is 13.8 Å². The summed E-state index contributed by atoms with van der Waals surface area (Å²) in [6, 6.07) is 2.23. The number of nitrogens with zero attached hydrogens (tertiary/aromatic N) is 1. The molecule has 0 aromatic heterocycles. The van der Waals surface area contributed by atoms with Crippen LogP contribution in [0.3, 0.4) is 0 Å². The molecule has 1 N–H and O–H groups in total. The average Bonchev–Trinajstić information content (AvgIpc) is 2.36. The lowest BCUT2D eigenvalue weighted by molar-refractivity contribution is -0.0671. The zero-order chi connectivity index (χ0) is 16.3. The summed E-state index contributed by atoms with van der Waals surface area (Å²) in [6.07, 6.45) is 0.190. The van der Waals surface area contributed by atoms with Crippen molar-refractivity contribution in [2.24, 2.45) is 0 Å². The highest BCUT2D eigenvalue weighted by Gasteiger charge is 2.22. The van der Waals surface area contributed by atoms with Gasteiger partial charge in [-0.05, 0) is 26.0 Å². The van der Waals surface area contributed by atoms with E-state index in [1.807, 2.05) is 13.8 Å². The fourth-order valence-corrected chi connectivity index (χ4v) is 3.63. The second kappa shape index (κ2) is 6.99. The van der Waals surface area contributed by atoms with Gasteiger partial charge in [-0.25, -0.2) is 21.9 Å². The first-order chi connectivity index (χ1) is 10.3. The van der Waals surface area contributed by atoms with Crippen LogP contribution in [0.15, 0.2) is 23.1 Å². The van der Waals surface area contributed by atoms with Gasteiger partial charge < -0.3 is 4.74 Å². The van der Waals surface area contributed by atoms with Crippen molar-refractivity contribution >= 4 is 10.0 Å². The molecule has 2 atom stereocenters. The molecule has 5 nitrogen and oxygen atoms in total. The summed E-state index contributed by atoms with van der Waals surface area (Å²) in [6.45, 7) is 6.04. The Balaban J connectivity index is 1.92. The molecular weight excluding hydrogens is 314 g/mol. The maximum Gasteiger partial charge on any atom is 0.240 e. The third-order valence-electron chi connectivity index (χ3n) is 3.36. The Morgan fingerprint density at radius 3 is 2.27 bits per heavy atom. The van der Waals surface area contributed by atoms with E-state index in [1.54, 1.807) is 0 Å². The van der Waals surface area contributed by atoms with Crippen LogP contribution in [0.5, 0.6) is 0 Å². The minimum absolute atomic E-state index is 0.0951. The fourth-order valence-electron chi connectivity index (χ4n) is 2.57. The highest BCUT2D eigenvalue weighted by atomic mass is 32.2. The summed E-state index contributed by atoms with van der Waals surface area (Å²) in [7, 11) is -3.92. The molecule has 22 heavy (non-hydrogen) atoms. The van der Waals surface area contributed by atoms with Gasteiger partial charge in [0.2, 0.25) is 10.0 Å². The SMILES string of the molecule is CC1CN(CCNS(=O)(=O)c2cc(F)cc(F)c2)CC(C)O1. The van der Waals surface area contributed by atoms with Crippen LogP contribution in [-0.2, 0) is 14.8 Å². The van der Waals surface area contributed by atoms with Crippen LogP contribution in [-0.4, -0.2) is 51.7 Å². The number of morpholine rings is 1. The molecule has 0 radical (unpaired) electrons. The van der Waals surface area contributed by atoms with Gasteiger partial charge in [-0.3, -0.25) is 4.90 Å². The van der Waals surface area contributed by atoms with Gasteiger partial charge in [-0.15, -0.1) is 0 Å². The highest BCUT2D eigenvalue weighted by molar-refractivity contribution is 7.89. The Hall–Kier alpha value is -1.09. The first-order valence-electron chi connectivity index (χ1n) is 7.10. The normalized spacial score (nSPS) is 23.6. The molecular formula is C14H20F2N2O3S. The Morgan fingerprint density at radius 1 is 1.18 bits per heavy atom. The van der Waals surface area contributed by atoms with E-state index in [2.05, 4.69) is 9.62 Å². The summed E-state index contributed by atoms with van der Waals surface area (Å²) >= 11 is 0. The van der Waals surface area contributed by atoms with Gasteiger partial charge in [0.05, 0.1) is 17.1 Å². The van der Waals surface area contributed by atoms with Gasteiger partial charge in [-0.2, -0.15) is 0 Å². The van der Waals surface area contributed by atoms with E-state index in [9.17, 15) is 17.2 Å². The maximum atomic E-state index is 13.1. The molecule has 1 saturated heterocycles. The predicted molar refractivity (Wildman–Crippen MR) is 78.0 cm³/mol. The van der Waals surface area contributed by atoms with E-state index in [0.717, 1.165) is 25.2 Å². The third kappa shape index (κ3) is 4.70. The molecule has 0 aliphatic carbocycles. The van der Waals surface area contributed by atoms with E-state index in [0.29, 0.717) is 12.6 Å². The number of benzene rings is 1. The second-order valence-corrected chi connectivity index (χ2v) is 7.29. The third-order valence-corrected chi connectivity index (χ3v) is 4.80. The first-order valence-corrected chi connectivity index (χ1v) is 8.58. The Bertz CT molecular complexity index is 594. The molecule has 1 aromatic rings. The highest BCUT2D eigenvalue weighted by Crippen LogP contribution is 2.14. The van der Waals surface area contributed by atoms with Gasteiger partial charge in [0, 0.05) is 32.2 Å². The summed E-state index contributed by atoms with van der Waals surface area (Å²) in [5.74, 6) is -1.84. The molecule has 0 saturated carbocycles. The molecule has 0 bridgehead atoms. The average molecular weight is 334 g/mol. The van der Waals surface area contributed by atoms with Crippen LogP contribution >= 0.6 is 0 Å².